The maximum absolute atomic E-state index is 12.3. The van der Waals surface area contributed by atoms with Crippen LogP contribution in [-0.2, 0) is 0 Å². The Morgan fingerprint density at radius 1 is 1.48 bits per heavy atom. The van der Waals surface area contributed by atoms with Crippen LogP contribution < -0.4 is 10.2 Å². The molecular formula is C16H20N4O2S. The van der Waals surface area contributed by atoms with Gasteiger partial charge in [0.1, 0.15) is 16.3 Å². The van der Waals surface area contributed by atoms with Gasteiger partial charge in [0.25, 0.3) is 5.91 Å². The van der Waals surface area contributed by atoms with Crippen LogP contribution in [0.15, 0.2) is 24.4 Å². The van der Waals surface area contributed by atoms with E-state index in [4.69, 9.17) is 0 Å². The summed E-state index contributed by atoms with van der Waals surface area (Å²) < 4.78 is 0. The number of rotatable bonds is 4. The van der Waals surface area contributed by atoms with E-state index in [1.165, 1.54) is 11.3 Å². The first kappa shape index (κ1) is 15.9. The smallest absolute Gasteiger partial charge is 0.263 e. The molecule has 2 N–H and O–H groups in total. The normalized spacial score (nSPS) is 20.7. The predicted octanol–water partition coefficient (Wildman–Crippen LogP) is 1.53. The standard InChI is InChI=1S/C16H20N4O2S/c1-11-14(23-12(2)19-11)15(21)18-9-16(22)6-8-20(10-16)13-5-3-4-7-17-13/h3-5,7,22H,6,8-10H2,1-2H3,(H,18,21). The lowest BCUT2D eigenvalue weighted by molar-refractivity contribution is 0.0576. The predicted molar refractivity (Wildman–Crippen MR) is 89.9 cm³/mol. The van der Waals surface area contributed by atoms with Gasteiger partial charge in [-0.1, -0.05) is 6.07 Å². The number of β-amino-alcohol motifs (C(OH)–C–C–N with tert-alkyl or cyclic N) is 1. The van der Waals surface area contributed by atoms with E-state index >= 15 is 0 Å². The maximum Gasteiger partial charge on any atom is 0.263 e. The molecule has 3 heterocycles. The first-order chi connectivity index (χ1) is 11.0. The van der Waals surface area contributed by atoms with E-state index < -0.39 is 5.60 Å². The summed E-state index contributed by atoms with van der Waals surface area (Å²) in [5.74, 6) is 0.682. The van der Waals surface area contributed by atoms with E-state index in [1.54, 1.807) is 6.20 Å². The number of aryl methyl sites for hydroxylation is 2. The molecule has 1 amide bonds. The van der Waals surface area contributed by atoms with Gasteiger partial charge in [-0.05, 0) is 32.4 Å². The Kier molecular flexibility index (Phi) is 4.32. The maximum atomic E-state index is 12.3. The molecule has 122 valence electrons. The third kappa shape index (κ3) is 3.51. The van der Waals surface area contributed by atoms with Gasteiger partial charge in [-0.2, -0.15) is 0 Å². The van der Waals surface area contributed by atoms with E-state index in [9.17, 15) is 9.90 Å². The third-order valence-corrected chi connectivity index (χ3v) is 5.06. The second kappa shape index (κ2) is 6.25. The van der Waals surface area contributed by atoms with Crippen molar-refractivity contribution in [3.05, 3.63) is 40.0 Å². The van der Waals surface area contributed by atoms with Crippen molar-refractivity contribution in [2.24, 2.45) is 0 Å². The SMILES string of the molecule is Cc1nc(C)c(C(=O)NCC2(O)CCN(c3ccccn3)C2)s1. The van der Waals surface area contributed by atoms with Crippen LogP contribution in [-0.4, -0.2) is 46.2 Å². The number of nitrogens with one attached hydrogen (secondary N) is 1. The molecule has 1 atom stereocenters. The summed E-state index contributed by atoms with van der Waals surface area (Å²) in [6, 6.07) is 5.72. The van der Waals surface area contributed by atoms with Gasteiger partial charge in [-0.15, -0.1) is 11.3 Å². The monoisotopic (exact) mass is 332 g/mol. The van der Waals surface area contributed by atoms with Crippen molar-refractivity contribution >= 4 is 23.1 Å². The van der Waals surface area contributed by atoms with Crippen LogP contribution in [0.25, 0.3) is 0 Å². The number of carbonyl (C=O) groups is 1. The molecule has 0 saturated carbocycles. The molecule has 6 nitrogen and oxygen atoms in total. The van der Waals surface area contributed by atoms with Gasteiger partial charge in [-0.3, -0.25) is 4.79 Å². The van der Waals surface area contributed by atoms with Crippen LogP contribution in [0.4, 0.5) is 5.82 Å². The van der Waals surface area contributed by atoms with E-state index in [0.29, 0.717) is 17.8 Å². The van der Waals surface area contributed by atoms with Crippen molar-refractivity contribution in [2.75, 3.05) is 24.5 Å². The minimum Gasteiger partial charge on any atom is -0.386 e. The molecule has 1 aliphatic heterocycles. The number of amides is 1. The van der Waals surface area contributed by atoms with Gasteiger partial charge >= 0.3 is 0 Å². The summed E-state index contributed by atoms with van der Waals surface area (Å²) in [4.78, 5) is 23.5. The molecular weight excluding hydrogens is 312 g/mol. The molecule has 3 rings (SSSR count). The Morgan fingerprint density at radius 2 is 2.30 bits per heavy atom. The zero-order valence-corrected chi connectivity index (χ0v) is 14.1. The fraction of sp³-hybridized carbons (Fsp3) is 0.438. The molecule has 0 radical (unpaired) electrons. The third-order valence-electron chi connectivity index (χ3n) is 3.99. The van der Waals surface area contributed by atoms with Crippen LogP contribution >= 0.6 is 11.3 Å². The Labute approximate surface area is 139 Å². The molecule has 1 saturated heterocycles. The van der Waals surface area contributed by atoms with E-state index in [2.05, 4.69) is 15.3 Å². The average Bonchev–Trinajstić information content (AvgIpc) is 3.09. The highest BCUT2D eigenvalue weighted by Crippen LogP contribution is 2.25. The quantitative estimate of drug-likeness (QED) is 0.888. The van der Waals surface area contributed by atoms with Gasteiger partial charge in [0.2, 0.25) is 0 Å². The molecule has 23 heavy (non-hydrogen) atoms. The second-order valence-corrected chi connectivity index (χ2v) is 7.12. The van der Waals surface area contributed by atoms with Crippen molar-refractivity contribution in [1.29, 1.82) is 0 Å². The minimum absolute atomic E-state index is 0.169. The largest absolute Gasteiger partial charge is 0.386 e. The molecule has 1 unspecified atom stereocenters. The summed E-state index contributed by atoms with van der Waals surface area (Å²) >= 11 is 1.38. The van der Waals surface area contributed by atoms with Gasteiger partial charge in [0, 0.05) is 25.8 Å². The molecule has 7 heteroatoms. The Morgan fingerprint density at radius 3 is 2.96 bits per heavy atom. The van der Waals surface area contributed by atoms with Crippen molar-refractivity contribution < 1.29 is 9.90 Å². The minimum atomic E-state index is -0.930. The number of nitrogens with zero attached hydrogens (tertiary/aromatic N) is 3. The molecule has 1 fully saturated rings. The number of pyridine rings is 1. The number of thiazole rings is 1. The van der Waals surface area contributed by atoms with Crippen molar-refractivity contribution in [2.45, 2.75) is 25.9 Å². The molecule has 0 spiro atoms. The van der Waals surface area contributed by atoms with Gasteiger partial charge < -0.3 is 15.3 Å². The molecule has 0 bridgehead atoms. The van der Waals surface area contributed by atoms with Gasteiger partial charge in [0.15, 0.2) is 0 Å². The lowest BCUT2D eigenvalue weighted by Gasteiger charge is -2.24. The zero-order chi connectivity index (χ0) is 16.4. The summed E-state index contributed by atoms with van der Waals surface area (Å²) in [7, 11) is 0. The van der Waals surface area contributed by atoms with Crippen molar-refractivity contribution in [1.82, 2.24) is 15.3 Å². The van der Waals surface area contributed by atoms with Crippen molar-refractivity contribution in [3.63, 3.8) is 0 Å². The lowest BCUT2D eigenvalue weighted by atomic mass is 10.0. The number of aliphatic hydroxyl groups is 1. The molecule has 2 aromatic heterocycles. The number of aromatic nitrogens is 2. The molecule has 0 aliphatic carbocycles. The van der Waals surface area contributed by atoms with E-state index in [1.807, 2.05) is 36.9 Å². The first-order valence-electron chi connectivity index (χ1n) is 7.57. The number of carbonyl (C=O) groups excluding carboxylic acids is 1. The number of anilines is 1. The second-order valence-electron chi connectivity index (χ2n) is 5.91. The van der Waals surface area contributed by atoms with Crippen LogP contribution in [0.5, 0.6) is 0 Å². The van der Waals surface area contributed by atoms with Gasteiger partial charge in [-0.25, -0.2) is 9.97 Å². The van der Waals surface area contributed by atoms with E-state index in [0.717, 1.165) is 23.1 Å². The lowest BCUT2D eigenvalue weighted by Crippen LogP contribution is -2.45. The number of hydrogen-bond acceptors (Lipinski definition) is 6. The Bertz CT molecular complexity index is 703. The van der Waals surface area contributed by atoms with Crippen molar-refractivity contribution in [3.8, 4) is 0 Å². The molecule has 0 aromatic carbocycles. The topological polar surface area (TPSA) is 78.3 Å². The van der Waals surface area contributed by atoms with Crippen LogP contribution in [0.2, 0.25) is 0 Å². The van der Waals surface area contributed by atoms with Crippen LogP contribution in [0.3, 0.4) is 0 Å². The zero-order valence-electron chi connectivity index (χ0n) is 13.2. The van der Waals surface area contributed by atoms with Gasteiger partial charge in [0.05, 0.1) is 10.7 Å². The number of hydrogen-bond donors (Lipinski definition) is 2. The highest BCUT2D eigenvalue weighted by Gasteiger charge is 2.37. The Balaban J connectivity index is 1.60. The molecule has 2 aromatic rings. The highest BCUT2D eigenvalue weighted by molar-refractivity contribution is 7.13. The molecule has 1 aliphatic rings. The van der Waals surface area contributed by atoms with Crippen LogP contribution in [0.1, 0.15) is 26.8 Å². The summed E-state index contributed by atoms with van der Waals surface area (Å²) in [6.07, 6.45) is 2.34. The van der Waals surface area contributed by atoms with E-state index in [-0.39, 0.29) is 12.5 Å². The first-order valence-corrected chi connectivity index (χ1v) is 8.39. The average molecular weight is 332 g/mol. The summed E-state index contributed by atoms with van der Waals surface area (Å²) in [5, 5.41) is 14.4. The Hall–Kier alpha value is -1.99. The fourth-order valence-electron chi connectivity index (χ4n) is 2.80. The summed E-state index contributed by atoms with van der Waals surface area (Å²) in [6.45, 7) is 5.12. The highest BCUT2D eigenvalue weighted by atomic mass is 32.1. The van der Waals surface area contributed by atoms with Crippen LogP contribution in [0, 0.1) is 13.8 Å². The fourth-order valence-corrected chi connectivity index (χ4v) is 3.64. The summed E-state index contributed by atoms with van der Waals surface area (Å²) in [5.41, 5.74) is -0.195.